The predicted octanol–water partition coefficient (Wildman–Crippen LogP) is 1.82. The third kappa shape index (κ3) is 4.64. The average Bonchev–Trinajstić information content (AvgIpc) is 2.75. The summed E-state index contributed by atoms with van der Waals surface area (Å²) >= 11 is 0. The van der Waals surface area contributed by atoms with E-state index in [9.17, 15) is 9.59 Å². The first-order chi connectivity index (χ1) is 13.6. The minimum absolute atomic E-state index is 0.237. The number of fused-ring (bicyclic) bond motifs is 1. The molecule has 148 valence electrons. The topological polar surface area (TPSA) is 92.3 Å². The van der Waals surface area contributed by atoms with E-state index in [1.54, 1.807) is 12.1 Å². The molecule has 2 aromatic carbocycles. The first-order valence-corrected chi connectivity index (χ1v) is 8.65. The molecule has 0 bridgehead atoms. The second-order valence-corrected chi connectivity index (χ2v) is 5.95. The molecule has 28 heavy (non-hydrogen) atoms. The lowest BCUT2D eigenvalue weighted by Crippen LogP contribution is -2.42. The summed E-state index contributed by atoms with van der Waals surface area (Å²) in [4.78, 5) is 24.1. The van der Waals surface area contributed by atoms with Crippen molar-refractivity contribution in [3.63, 3.8) is 0 Å². The van der Waals surface area contributed by atoms with E-state index in [0.29, 0.717) is 29.6 Å². The molecule has 0 saturated heterocycles. The number of carbonyl (C=O) groups is 2. The fourth-order valence-electron chi connectivity index (χ4n) is 2.62. The van der Waals surface area contributed by atoms with Gasteiger partial charge >= 0.3 is 5.97 Å². The van der Waals surface area contributed by atoms with Crippen molar-refractivity contribution < 1.29 is 33.3 Å². The number of amides is 1. The Kier molecular flexibility index (Phi) is 6.21. The highest BCUT2D eigenvalue weighted by Gasteiger charge is 2.21. The molecule has 2 aromatic rings. The van der Waals surface area contributed by atoms with Crippen molar-refractivity contribution in [1.29, 1.82) is 0 Å². The zero-order valence-electron chi connectivity index (χ0n) is 15.6. The molecule has 3 rings (SSSR count). The minimum atomic E-state index is -0.637. The minimum Gasteiger partial charge on any atom is -0.493 e. The number of carbonyl (C=O) groups excluding carboxylic acids is 2. The zero-order valence-corrected chi connectivity index (χ0v) is 15.6. The van der Waals surface area contributed by atoms with Crippen molar-refractivity contribution in [2.45, 2.75) is 6.10 Å². The SMILES string of the molecule is COc1ccc(C(=O)OCC(=O)NC[C@@H]2COc3ccccc3O2)cc1OC. The number of rotatable bonds is 7. The first-order valence-electron chi connectivity index (χ1n) is 8.65. The third-order valence-electron chi connectivity index (χ3n) is 4.05. The van der Waals surface area contributed by atoms with Crippen molar-refractivity contribution in [3.8, 4) is 23.0 Å². The predicted molar refractivity (Wildman–Crippen MR) is 99.2 cm³/mol. The summed E-state index contributed by atoms with van der Waals surface area (Å²) in [5.74, 6) is 1.13. The summed E-state index contributed by atoms with van der Waals surface area (Å²) in [5.41, 5.74) is 0.256. The molecule has 0 radical (unpaired) electrons. The van der Waals surface area contributed by atoms with E-state index in [2.05, 4.69) is 5.32 Å². The second-order valence-electron chi connectivity index (χ2n) is 5.95. The molecule has 1 heterocycles. The van der Waals surface area contributed by atoms with Gasteiger partial charge in [-0.3, -0.25) is 4.79 Å². The molecule has 0 fully saturated rings. The summed E-state index contributed by atoms with van der Waals surface area (Å²) in [6.07, 6.45) is -0.319. The van der Waals surface area contributed by atoms with Crippen LogP contribution < -0.4 is 24.3 Å². The fourth-order valence-corrected chi connectivity index (χ4v) is 2.62. The van der Waals surface area contributed by atoms with Crippen LogP contribution in [0.15, 0.2) is 42.5 Å². The van der Waals surface area contributed by atoms with Gasteiger partial charge in [0.05, 0.1) is 26.3 Å². The smallest absolute Gasteiger partial charge is 0.338 e. The number of benzene rings is 2. The van der Waals surface area contributed by atoms with Gasteiger partial charge in [-0.15, -0.1) is 0 Å². The van der Waals surface area contributed by atoms with Crippen LogP contribution in [-0.2, 0) is 9.53 Å². The molecule has 1 N–H and O–H groups in total. The van der Waals surface area contributed by atoms with Gasteiger partial charge in [0.25, 0.3) is 5.91 Å². The molecule has 0 aliphatic carbocycles. The van der Waals surface area contributed by atoms with Crippen LogP contribution in [0.3, 0.4) is 0 Å². The van der Waals surface area contributed by atoms with Gasteiger partial charge in [0, 0.05) is 0 Å². The van der Waals surface area contributed by atoms with Gasteiger partial charge in [-0.25, -0.2) is 4.79 Å². The lowest BCUT2D eigenvalue weighted by molar-refractivity contribution is -0.124. The number of nitrogens with one attached hydrogen (secondary N) is 1. The largest absolute Gasteiger partial charge is 0.493 e. The Morgan fingerprint density at radius 3 is 2.57 bits per heavy atom. The Hall–Kier alpha value is -3.42. The van der Waals surface area contributed by atoms with Gasteiger partial charge in [0.2, 0.25) is 0 Å². The van der Waals surface area contributed by atoms with E-state index in [-0.39, 0.29) is 18.2 Å². The standard InChI is InChI=1S/C20H21NO7/c1-24-15-8-7-13(9-18(15)25-2)20(23)27-12-19(22)21-10-14-11-26-16-5-3-4-6-17(16)28-14/h3-9,14H,10-12H2,1-2H3,(H,21,22)/t14-/m1/s1. The molecular weight excluding hydrogens is 366 g/mol. The lowest BCUT2D eigenvalue weighted by Gasteiger charge is -2.26. The number of esters is 1. The van der Waals surface area contributed by atoms with E-state index < -0.39 is 18.5 Å². The maximum Gasteiger partial charge on any atom is 0.338 e. The van der Waals surface area contributed by atoms with Gasteiger partial charge in [-0.1, -0.05) is 12.1 Å². The summed E-state index contributed by atoms with van der Waals surface area (Å²) in [6.45, 7) is 0.154. The van der Waals surface area contributed by atoms with Gasteiger partial charge in [-0.05, 0) is 30.3 Å². The lowest BCUT2D eigenvalue weighted by atomic mass is 10.2. The number of hydrogen-bond acceptors (Lipinski definition) is 7. The van der Waals surface area contributed by atoms with Crippen LogP contribution in [0.4, 0.5) is 0 Å². The van der Waals surface area contributed by atoms with Crippen molar-refractivity contribution in [2.24, 2.45) is 0 Å². The zero-order chi connectivity index (χ0) is 19.9. The number of hydrogen-bond donors (Lipinski definition) is 1. The molecule has 8 heteroatoms. The normalized spacial score (nSPS) is 14.7. The van der Waals surface area contributed by atoms with Crippen LogP contribution in [0, 0.1) is 0 Å². The van der Waals surface area contributed by atoms with E-state index in [1.165, 1.54) is 26.4 Å². The number of ether oxygens (including phenoxy) is 5. The molecule has 0 saturated carbocycles. The monoisotopic (exact) mass is 387 g/mol. The summed E-state index contributed by atoms with van der Waals surface area (Å²) < 4.78 is 26.6. The van der Waals surface area contributed by atoms with Crippen molar-refractivity contribution >= 4 is 11.9 Å². The highest BCUT2D eigenvalue weighted by Crippen LogP contribution is 2.30. The summed E-state index contributed by atoms with van der Waals surface area (Å²) in [7, 11) is 2.97. The van der Waals surface area contributed by atoms with E-state index in [1.807, 2.05) is 18.2 Å². The molecule has 1 amide bonds. The molecule has 8 nitrogen and oxygen atoms in total. The van der Waals surface area contributed by atoms with Crippen LogP contribution in [-0.4, -0.2) is 52.0 Å². The Morgan fingerprint density at radius 1 is 1.07 bits per heavy atom. The molecule has 1 aliphatic heterocycles. The highest BCUT2D eigenvalue weighted by atomic mass is 16.6. The molecule has 1 atom stereocenters. The van der Waals surface area contributed by atoms with Crippen LogP contribution in [0.25, 0.3) is 0 Å². The summed E-state index contributed by atoms with van der Waals surface area (Å²) in [6, 6.07) is 11.9. The van der Waals surface area contributed by atoms with Gasteiger partial charge in [-0.2, -0.15) is 0 Å². The summed E-state index contributed by atoms with van der Waals surface area (Å²) in [5, 5.41) is 2.66. The van der Waals surface area contributed by atoms with Crippen LogP contribution >= 0.6 is 0 Å². The Labute approximate surface area is 162 Å². The van der Waals surface area contributed by atoms with Crippen LogP contribution in [0.2, 0.25) is 0 Å². The maximum atomic E-state index is 12.1. The van der Waals surface area contributed by atoms with Crippen LogP contribution in [0.1, 0.15) is 10.4 Å². The van der Waals surface area contributed by atoms with Gasteiger partial charge < -0.3 is 29.0 Å². The van der Waals surface area contributed by atoms with E-state index >= 15 is 0 Å². The molecule has 0 unspecified atom stereocenters. The second kappa shape index (κ2) is 8.98. The highest BCUT2D eigenvalue weighted by molar-refractivity contribution is 5.92. The molecule has 0 aromatic heterocycles. The van der Waals surface area contributed by atoms with Gasteiger partial charge in [0.1, 0.15) is 12.7 Å². The van der Waals surface area contributed by atoms with E-state index in [4.69, 9.17) is 23.7 Å². The number of methoxy groups -OCH3 is 2. The fraction of sp³-hybridized carbons (Fsp3) is 0.300. The first kappa shape index (κ1) is 19.3. The molecular formula is C20H21NO7. The Morgan fingerprint density at radius 2 is 1.82 bits per heavy atom. The Balaban J connectivity index is 1.45. The van der Waals surface area contributed by atoms with Crippen molar-refractivity contribution in [1.82, 2.24) is 5.32 Å². The van der Waals surface area contributed by atoms with Gasteiger partial charge in [0.15, 0.2) is 29.6 Å². The maximum absolute atomic E-state index is 12.1. The quantitative estimate of drug-likeness (QED) is 0.725. The van der Waals surface area contributed by atoms with E-state index in [0.717, 1.165) is 0 Å². The average molecular weight is 387 g/mol. The van der Waals surface area contributed by atoms with Crippen molar-refractivity contribution in [2.75, 3.05) is 34.0 Å². The van der Waals surface area contributed by atoms with Crippen molar-refractivity contribution in [3.05, 3.63) is 48.0 Å². The van der Waals surface area contributed by atoms with Crippen LogP contribution in [0.5, 0.6) is 23.0 Å². The molecule has 0 spiro atoms. The Bertz CT molecular complexity index is 852. The molecule has 1 aliphatic rings. The third-order valence-corrected chi connectivity index (χ3v) is 4.05. The number of para-hydroxylation sites is 2.